The number of anilines is 1. The first-order chi connectivity index (χ1) is 8.32. The summed E-state index contributed by atoms with van der Waals surface area (Å²) in [6.07, 6.45) is 1.85. The number of carbonyl (C=O) groups is 1. The fourth-order valence-electron chi connectivity index (χ4n) is 1.87. The molecule has 0 saturated carbocycles. The van der Waals surface area contributed by atoms with Crippen molar-refractivity contribution in [2.24, 2.45) is 5.73 Å². The molecule has 0 aliphatic heterocycles. The maximum atomic E-state index is 11.0. The molecule has 1 rings (SSSR count). The van der Waals surface area contributed by atoms with Gasteiger partial charge in [-0.1, -0.05) is 0 Å². The first-order valence-electron chi connectivity index (χ1n) is 5.57. The van der Waals surface area contributed by atoms with Crippen molar-refractivity contribution in [2.45, 2.75) is 39.3 Å². The SMILES string of the molecule is CC(C)N(c1nc(Cl)ncc1Br)C(C)CC(N)=O. The van der Waals surface area contributed by atoms with Crippen LogP contribution in [0.2, 0.25) is 5.28 Å². The van der Waals surface area contributed by atoms with Gasteiger partial charge in [0.15, 0.2) is 0 Å². The first kappa shape index (κ1) is 15.2. The minimum Gasteiger partial charge on any atom is -0.370 e. The Hall–Kier alpha value is -0.880. The van der Waals surface area contributed by atoms with E-state index < -0.39 is 0 Å². The molecule has 5 nitrogen and oxygen atoms in total. The molecule has 2 N–H and O–H groups in total. The molecule has 1 heterocycles. The van der Waals surface area contributed by atoms with Crippen molar-refractivity contribution in [3.63, 3.8) is 0 Å². The Labute approximate surface area is 120 Å². The normalized spacial score (nSPS) is 12.6. The Morgan fingerprint density at radius 1 is 1.56 bits per heavy atom. The van der Waals surface area contributed by atoms with Gasteiger partial charge in [-0.3, -0.25) is 4.79 Å². The summed E-state index contributed by atoms with van der Waals surface area (Å²) in [6.45, 7) is 5.95. The number of rotatable bonds is 5. The van der Waals surface area contributed by atoms with Gasteiger partial charge in [-0.15, -0.1) is 0 Å². The Morgan fingerprint density at radius 3 is 2.67 bits per heavy atom. The second kappa shape index (κ2) is 6.33. The van der Waals surface area contributed by atoms with Crippen LogP contribution in [0.4, 0.5) is 5.82 Å². The van der Waals surface area contributed by atoms with E-state index in [4.69, 9.17) is 17.3 Å². The Bertz CT molecular complexity index is 441. The van der Waals surface area contributed by atoms with Gasteiger partial charge in [0, 0.05) is 24.7 Å². The molecular weight excluding hydrogens is 320 g/mol. The number of hydrogen-bond donors (Lipinski definition) is 1. The molecule has 1 unspecified atom stereocenters. The zero-order valence-corrected chi connectivity index (χ0v) is 12.9. The van der Waals surface area contributed by atoms with Crippen LogP contribution in [0.15, 0.2) is 10.7 Å². The van der Waals surface area contributed by atoms with E-state index in [0.717, 1.165) is 4.47 Å². The molecule has 18 heavy (non-hydrogen) atoms. The van der Waals surface area contributed by atoms with Crippen molar-refractivity contribution < 1.29 is 4.79 Å². The summed E-state index contributed by atoms with van der Waals surface area (Å²) < 4.78 is 0.733. The van der Waals surface area contributed by atoms with Crippen LogP contribution in [0, 0.1) is 0 Å². The van der Waals surface area contributed by atoms with Crippen LogP contribution in [-0.2, 0) is 4.79 Å². The highest BCUT2D eigenvalue weighted by Gasteiger charge is 2.23. The summed E-state index contributed by atoms with van der Waals surface area (Å²) in [5, 5.41) is 0.171. The molecule has 0 radical (unpaired) electrons. The zero-order chi connectivity index (χ0) is 13.9. The molecule has 1 aromatic rings. The predicted molar refractivity (Wildman–Crippen MR) is 75.6 cm³/mol. The van der Waals surface area contributed by atoms with Gasteiger partial charge in [0.2, 0.25) is 11.2 Å². The van der Waals surface area contributed by atoms with E-state index in [1.54, 1.807) is 6.20 Å². The fourth-order valence-corrected chi connectivity index (χ4v) is 2.39. The van der Waals surface area contributed by atoms with E-state index in [1.807, 2.05) is 25.7 Å². The van der Waals surface area contributed by atoms with Gasteiger partial charge in [0.1, 0.15) is 5.82 Å². The van der Waals surface area contributed by atoms with E-state index in [0.29, 0.717) is 5.82 Å². The van der Waals surface area contributed by atoms with Gasteiger partial charge in [-0.05, 0) is 48.3 Å². The molecule has 0 aliphatic carbocycles. The summed E-state index contributed by atoms with van der Waals surface area (Å²) in [6, 6.07) is 0.0892. The minimum absolute atomic E-state index is 0.0650. The molecule has 1 aromatic heterocycles. The van der Waals surface area contributed by atoms with E-state index in [1.165, 1.54) is 0 Å². The number of hydrogen-bond acceptors (Lipinski definition) is 4. The Kier molecular flexibility index (Phi) is 5.34. The quantitative estimate of drug-likeness (QED) is 0.839. The molecule has 1 amide bonds. The van der Waals surface area contributed by atoms with Crippen LogP contribution in [-0.4, -0.2) is 28.0 Å². The maximum Gasteiger partial charge on any atom is 0.224 e. The van der Waals surface area contributed by atoms with Crippen molar-refractivity contribution in [1.82, 2.24) is 9.97 Å². The Balaban J connectivity index is 3.11. The molecule has 0 aromatic carbocycles. The second-order valence-electron chi connectivity index (χ2n) is 4.33. The number of nitrogens with two attached hydrogens (primary N) is 1. The van der Waals surface area contributed by atoms with E-state index in [2.05, 4.69) is 25.9 Å². The Morgan fingerprint density at radius 2 is 2.17 bits per heavy atom. The van der Waals surface area contributed by atoms with Crippen molar-refractivity contribution >= 4 is 39.3 Å². The van der Waals surface area contributed by atoms with Gasteiger partial charge in [-0.25, -0.2) is 4.98 Å². The average Bonchev–Trinajstić information content (AvgIpc) is 2.21. The van der Waals surface area contributed by atoms with Crippen LogP contribution >= 0.6 is 27.5 Å². The maximum absolute atomic E-state index is 11.0. The third-order valence-electron chi connectivity index (χ3n) is 2.47. The zero-order valence-electron chi connectivity index (χ0n) is 10.5. The van der Waals surface area contributed by atoms with Gasteiger partial charge in [0.05, 0.1) is 4.47 Å². The molecule has 0 bridgehead atoms. The highest BCUT2D eigenvalue weighted by Crippen LogP contribution is 2.28. The smallest absolute Gasteiger partial charge is 0.224 e. The number of primary amides is 1. The minimum atomic E-state index is -0.343. The molecule has 1 atom stereocenters. The fraction of sp³-hybridized carbons (Fsp3) is 0.545. The van der Waals surface area contributed by atoms with Crippen molar-refractivity contribution in [3.05, 3.63) is 16.0 Å². The predicted octanol–water partition coefficient (Wildman–Crippen LogP) is 2.37. The monoisotopic (exact) mass is 334 g/mol. The summed E-state index contributed by atoms with van der Waals surface area (Å²) in [4.78, 5) is 21.1. The van der Waals surface area contributed by atoms with E-state index in [9.17, 15) is 4.79 Å². The van der Waals surface area contributed by atoms with Gasteiger partial charge in [0.25, 0.3) is 0 Å². The lowest BCUT2D eigenvalue weighted by Crippen LogP contribution is -2.41. The lowest BCUT2D eigenvalue weighted by molar-refractivity contribution is -0.118. The van der Waals surface area contributed by atoms with Crippen LogP contribution in [0.5, 0.6) is 0 Å². The molecule has 0 spiro atoms. The largest absolute Gasteiger partial charge is 0.370 e. The number of halogens is 2. The summed E-state index contributed by atoms with van der Waals surface area (Å²) >= 11 is 9.21. The van der Waals surface area contributed by atoms with Crippen LogP contribution in [0.25, 0.3) is 0 Å². The lowest BCUT2D eigenvalue weighted by atomic mass is 10.1. The highest BCUT2D eigenvalue weighted by molar-refractivity contribution is 9.10. The first-order valence-corrected chi connectivity index (χ1v) is 6.74. The van der Waals surface area contributed by atoms with Crippen molar-refractivity contribution in [1.29, 1.82) is 0 Å². The summed E-state index contributed by atoms with van der Waals surface area (Å²) in [5.74, 6) is 0.322. The van der Waals surface area contributed by atoms with Crippen LogP contribution in [0.1, 0.15) is 27.2 Å². The topological polar surface area (TPSA) is 72.1 Å². The summed E-state index contributed by atoms with van der Waals surface area (Å²) in [5.41, 5.74) is 5.24. The highest BCUT2D eigenvalue weighted by atomic mass is 79.9. The molecule has 7 heteroatoms. The van der Waals surface area contributed by atoms with Gasteiger partial charge in [-0.2, -0.15) is 4.98 Å². The average molecular weight is 336 g/mol. The third kappa shape index (κ3) is 3.81. The van der Waals surface area contributed by atoms with Gasteiger partial charge >= 0.3 is 0 Å². The van der Waals surface area contributed by atoms with Gasteiger partial charge < -0.3 is 10.6 Å². The van der Waals surface area contributed by atoms with Crippen LogP contribution < -0.4 is 10.6 Å². The lowest BCUT2D eigenvalue weighted by Gasteiger charge is -2.34. The van der Waals surface area contributed by atoms with E-state index in [-0.39, 0.29) is 29.7 Å². The molecule has 100 valence electrons. The van der Waals surface area contributed by atoms with Crippen molar-refractivity contribution in [3.8, 4) is 0 Å². The standard InChI is InChI=1S/C11H16BrClN4O/c1-6(2)17(7(3)4-9(14)18)10-8(12)5-15-11(13)16-10/h5-7H,4H2,1-3H3,(H2,14,18). The summed E-state index contributed by atoms with van der Waals surface area (Å²) in [7, 11) is 0. The second-order valence-corrected chi connectivity index (χ2v) is 5.52. The number of nitrogens with zero attached hydrogens (tertiary/aromatic N) is 3. The number of aromatic nitrogens is 2. The molecule has 0 fully saturated rings. The molecule has 0 aliphatic rings. The van der Waals surface area contributed by atoms with E-state index >= 15 is 0 Å². The molecular formula is C11H16BrClN4O. The van der Waals surface area contributed by atoms with Crippen LogP contribution in [0.3, 0.4) is 0 Å². The third-order valence-corrected chi connectivity index (χ3v) is 3.21. The number of amides is 1. The molecule has 0 saturated heterocycles. The van der Waals surface area contributed by atoms with Crippen molar-refractivity contribution in [2.75, 3.05) is 4.90 Å². The number of carbonyl (C=O) groups excluding carboxylic acids is 1.